The fourth-order valence-corrected chi connectivity index (χ4v) is 5.93. The molecule has 1 unspecified atom stereocenters. The van der Waals surface area contributed by atoms with Gasteiger partial charge in [0, 0.05) is 41.7 Å². The molecule has 2 aromatic carbocycles. The molecule has 1 saturated heterocycles. The van der Waals surface area contributed by atoms with Gasteiger partial charge in [0.1, 0.15) is 18.1 Å². The summed E-state index contributed by atoms with van der Waals surface area (Å²) >= 11 is 0. The van der Waals surface area contributed by atoms with Crippen LogP contribution in [0.25, 0.3) is 0 Å². The van der Waals surface area contributed by atoms with Crippen LogP contribution in [0.15, 0.2) is 48.8 Å². The highest BCUT2D eigenvalue weighted by molar-refractivity contribution is 6.06. The Morgan fingerprint density at radius 3 is 2.56 bits per heavy atom. The summed E-state index contributed by atoms with van der Waals surface area (Å²) < 4.78 is 7.12. The quantitative estimate of drug-likeness (QED) is 0.452. The van der Waals surface area contributed by atoms with Gasteiger partial charge in [-0.25, -0.2) is 9.67 Å². The molecule has 202 valence electrons. The minimum atomic E-state index is -0.608. The van der Waals surface area contributed by atoms with Crippen LogP contribution >= 0.6 is 0 Å². The first-order valence-corrected chi connectivity index (χ1v) is 13.5. The number of amides is 3. The smallest absolute Gasteiger partial charge is 0.255 e. The number of fused-ring (bicyclic) bond motifs is 1. The Kier molecular flexibility index (Phi) is 6.76. The molecule has 10 heteroatoms. The van der Waals surface area contributed by atoms with Gasteiger partial charge in [0.25, 0.3) is 5.91 Å². The standard InChI is InChI=1S/C29H32N6O4/c1-39-21-11-5-18(6-12-21)15-34-17-30-27(33-34)19-7-9-20(10-8-19)31-24-4-2-3-22-23(24)16-35(29(22)38)25-13-14-26(36)32-28(25)37/h2-6,11-12,17,19-20,25,31H,7-10,13-16H2,1H3,(H,32,36,37). The maximum absolute atomic E-state index is 13.1. The molecule has 2 N–H and O–H groups in total. The van der Waals surface area contributed by atoms with E-state index in [1.54, 1.807) is 12.0 Å². The van der Waals surface area contributed by atoms with E-state index in [1.165, 1.54) is 0 Å². The molecule has 3 amide bonds. The zero-order chi connectivity index (χ0) is 26.9. The van der Waals surface area contributed by atoms with Gasteiger partial charge in [-0.3, -0.25) is 19.7 Å². The molecule has 1 aliphatic carbocycles. The van der Waals surface area contributed by atoms with Gasteiger partial charge >= 0.3 is 0 Å². The van der Waals surface area contributed by atoms with Gasteiger partial charge < -0.3 is 15.0 Å². The number of carbonyl (C=O) groups excluding carboxylic acids is 3. The van der Waals surface area contributed by atoms with E-state index in [4.69, 9.17) is 9.84 Å². The van der Waals surface area contributed by atoms with Crippen molar-refractivity contribution in [2.45, 2.75) is 69.6 Å². The van der Waals surface area contributed by atoms with E-state index in [2.05, 4.69) is 15.6 Å². The van der Waals surface area contributed by atoms with Crippen LogP contribution < -0.4 is 15.4 Å². The number of carbonyl (C=O) groups is 3. The van der Waals surface area contributed by atoms with E-state index >= 15 is 0 Å². The Balaban J connectivity index is 1.06. The number of hydrogen-bond acceptors (Lipinski definition) is 7. The second kappa shape index (κ2) is 10.5. The second-order valence-corrected chi connectivity index (χ2v) is 10.6. The number of methoxy groups -OCH3 is 1. The topological polar surface area (TPSA) is 118 Å². The van der Waals surface area contributed by atoms with Crippen molar-refractivity contribution in [1.82, 2.24) is 25.0 Å². The number of ether oxygens (including phenoxy) is 1. The summed E-state index contributed by atoms with van der Waals surface area (Å²) in [6.07, 6.45) is 6.35. The normalized spacial score (nSPS) is 22.9. The third-order valence-electron chi connectivity index (χ3n) is 8.09. The van der Waals surface area contributed by atoms with Gasteiger partial charge in [-0.2, -0.15) is 5.10 Å². The van der Waals surface area contributed by atoms with E-state index in [-0.39, 0.29) is 30.2 Å². The molecule has 3 aromatic rings. The molecule has 0 spiro atoms. The monoisotopic (exact) mass is 528 g/mol. The van der Waals surface area contributed by atoms with E-state index < -0.39 is 6.04 Å². The van der Waals surface area contributed by atoms with Crippen molar-refractivity contribution in [2.75, 3.05) is 12.4 Å². The average molecular weight is 529 g/mol. The third kappa shape index (κ3) is 5.10. The highest BCUT2D eigenvalue weighted by Crippen LogP contribution is 2.36. The van der Waals surface area contributed by atoms with E-state index in [0.29, 0.717) is 31.0 Å². The van der Waals surface area contributed by atoms with Crippen LogP contribution in [0.2, 0.25) is 0 Å². The van der Waals surface area contributed by atoms with Gasteiger partial charge in [-0.1, -0.05) is 18.2 Å². The van der Waals surface area contributed by atoms with Crippen molar-refractivity contribution >= 4 is 23.4 Å². The number of piperidine rings is 1. The van der Waals surface area contributed by atoms with Crippen molar-refractivity contribution in [3.63, 3.8) is 0 Å². The van der Waals surface area contributed by atoms with E-state index in [9.17, 15) is 14.4 Å². The molecule has 1 saturated carbocycles. The van der Waals surface area contributed by atoms with Crippen molar-refractivity contribution in [1.29, 1.82) is 0 Å². The third-order valence-corrected chi connectivity index (χ3v) is 8.09. The fourth-order valence-electron chi connectivity index (χ4n) is 5.93. The SMILES string of the molecule is COc1ccc(Cn2cnc(C3CCC(Nc4cccc5c4CN(C4CCC(=O)NC4=O)C5=O)CC3)n2)cc1. The fraction of sp³-hybridized carbons (Fsp3) is 0.414. The summed E-state index contributed by atoms with van der Waals surface area (Å²) in [4.78, 5) is 43.3. The largest absolute Gasteiger partial charge is 0.497 e. The van der Waals surface area contributed by atoms with Gasteiger partial charge in [-0.05, 0) is 61.9 Å². The Morgan fingerprint density at radius 1 is 1.03 bits per heavy atom. The van der Waals surface area contributed by atoms with Gasteiger partial charge in [0.05, 0.1) is 13.7 Å². The number of hydrogen-bond donors (Lipinski definition) is 2. The van der Waals surface area contributed by atoms with Crippen LogP contribution in [0.1, 0.15) is 71.8 Å². The molecule has 3 heterocycles. The molecule has 6 rings (SSSR count). The first-order chi connectivity index (χ1) is 19.0. The summed E-state index contributed by atoms with van der Waals surface area (Å²) in [5.74, 6) is 1.24. The summed E-state index contributed by atoms with van der Waals surface area (Å²) in [6, 6.07) is 13.4. The highest BCUT2D eigenvalue weighted by Gasteiger charge is 2.40. The lowest BCUT2D eigenvalue weighted by Crippen LogP contribution is -2.52. The molecule has 0 radical (unpaired) electrons. The number of nitrogens with one attached hydrogen (secondary N) is 2. The van der Waals surface area contributed by atoms with Crippen molar-refractivity contribution < 1.29 is 19.1 Å². The molecular weight excluding hydrogens is 496 g/mol. The number of nitrogens with zero attached hydrogens (tertiary/aromatic N) is 4. The number of aromatic nitrogens is 3. The van der Waals surface area contributed by atoms with Gasteiger partial charge in [-0.15, -0.1) is 0 Å². The van der Waals surface area contributed by atoms with E-state index in [1.807, 2.05) is 53.5 Å². The van der Waals surface area contributed by atoms with Crippen LogP contribution in [0.3, 0.4) is 0 Å². The average Bonchev–Trinajstić information content (AvgIpc) is 3.55. The maximum atomic E-state index is 13.1. The van der Waals surface area contributed by atoms with Gasteiger partial charge in [0.15, 0.2) is 5.82 Å². The molecule has 1 atom stereocenters. The predicted molar refractivity (Wildman–Crippen MR) is 143 cm³/mol. The van der Waals surface area contributed by atoms with Crippen molar-refractivity contribution in [2.24, 2.45) is 0 Å². The zero-order valence-corrected chi connectivity index (χ0v) is 21.9. The molecule has 0 bridgehead atoms. The number of rotatable bonds is 7. The van der Waals surface area contributed by atoms with Crippen LogP contribution in [0.4, 0.5) is 5.69 Å². The predicted octanol–water partition coefficient (Wildman–Crippen LogP) is 3.23. The molecule has 2 fully saturated rings. The maximum Gasteiger partial charge on any atom is 0.255 e. The lowest BCUT2D eigenvalue weighted by atomic mass is 9.85. The number of benzene rings is 2. The molecule has 2 aliphatic heterocycles. The highest BCUT2D eigenvalue weighted by atomic mass is 16.5. The Bertz CT molecular complexity index is 1390. The lowest BCUT2D eigenvalue weighted by molar-refractivity contribution is -0.136. The van der Waals surface area contributed by atoms with Crippen molar-refractivity contribution in [3.05, 3.63) is 71.3 Å². The lowest BCUT2D eigenvalue weighted by Gasteiger charge is -2.30. The summed E-state index contributed by atoms with van der Waals surface area (Å²) in [5, 5.41) is 10.8. The molecule has 3 aliphatic rings. The number of anilines is 1. The number of imide groups is 1. The molecule has 1 aromatic heterocycles. The molecular formula is C29H32N6O4. The zero-order valence-electron chi connectivity index (χ0n) is 21.9. The van der Waals surface area contributed by atoms with Gasteiger partial charge in [0.2, 0.25) is 11.8 Å². The molecule has 10 nitrogen and oxygen atoms in total. The van der Waals surface area contributed by atoms with E-state index in [0.717, 1.165) is 54.1 Å². The van der Waals surface area contributed by atoms with Crippen molar-refractivity contribution in [3.8, 4) is 5.75 Å². The van der Waals surface area contributed by atoms with Crippen LogP contribution in [0, 0.1) is 0 Å². The van der Waals surface area contributed by atoms with Crippen LogP contribution in [0.5, 0.6) is 5.75 Å². The summed E-state index contributed by atoms with van der Waals surface area (Å²) in [5.41, 5.74) is 3.64. The Labute approximate surface area is 226 Å². The minimum absolute atomic E-state index is 0.150. The summed E-state index contributed by atoms with van der Waals surface area (Å²) in [7, 11) is 1.66. The Hall–Kier alpha value is -4.21. The summed E-state index contributed by atoms with van der Waals surface area (Å²) in [6.45, 7) is 1.04. The first kappa shape index (κ1) is 25.1. The van der Waals surface area contributed by atoms with Crippen LogP contribution in [-0.2, 0) is 22.7 Å². The molecule has 39 heavy (non-hydrogen) atoms. The Morgan fingerprint density at radius 2 is 1.82 bits per heavy atom. The second-order valence-electron chi connectivity index (χ2n) is 10.6. The minimum Gasteiger partial charge on any atom is -0.497 e. The van der Waals surface area contributed by atoms with Crippen LogP contribution in [-0.4, -0.2) is 56.6 Å². The first-order valence-electron chi connectivity index (χ1n) is 13.5.